The molecule has 4 nitrogen and oxygen atoms in total. The van der Waals surface area contributed by atoms with Crippen LogP contribution >= 0.6 is 25.3 Å². The van der Waals surface area contributed by atoms with Crippen molar-refractivity contribution < 1.29 is 9.84 Å². The quantitative estimate of drug-likeness (QED) is 0.382. The minimum atomic E-state index is -0.557. The van der Waals surface area contributed by atoms with E-state index in [4.69, 9.17) is 4.74 Å². The first-order chi connectivity index (χ1) is 12.8. The molecule has 1 aromatic carbocycles. The second-order valence-electron chi connectivity index (χ2n) is 7.86. The summed E-state index contributed by atoms with van der Waals surface area (Å²) in [6.45, 7) is 12.3. The SMILES string of the molecule is C=Cc1cc2c(cc1NCC)CCC(C(O)CNCC(S)C(C)(C)CS)O2. The number of rotatable bonds is 10. The van der Waals surface area contributed by atoms with Crippen LogP contribution in [0.3, 0.4) is 0 Å². The van der Waals surface area contributed by atoms with Crippen LogP contribution in [0.1, 0.15) is 38.3 Å². The number of aliphatic hydroxyl groups is 1. The number of aliphatic hydroxyl groups excluding tert-OH is 1. The lowest BCUT2D eigenvalue weighted by molar-refractivity contribution is 0.0244. The number of anilines is 1. The van der Waals surface area contributed by atoms with E-state index < -0.39 is 6.10 Å². The fourth-order valence-corrected chi connectivity index (χ4v) is 3.71. The van der Waals surface area contributed by atoms with E-state index in [0.29, 0.717) is 6.54 Å². The van der Waals surface area contributed by atoms with Crippen LogP contribution in [0.5, 0.6) is 5.75 Å². The van der Waals surface area contributed by atoms with Crippen molar-refractivity contribution in [2.75, 3.05) is 30.7 Å². The van der Waals surface area contributed by atoms with Crippen molar-refractivity contribution in [3.05, 3.63) is 29.8 Å². The number of fused-ring (bicyclic) bond motifs is 1. The van der Waals surface area contributed by atoms with Crippen molar-refractivity contribution in [1.82, 2.24) is 5.32 Å². The van der Waals surface area contributed by atoms with Gasteiger partial charge in [-0.2, -0.15) is 25.3 Å². The largest absolute Gasteiger partial charge is 0.487 e. The summed E-state index contributed by atoms with van der Waals surface area (Å²) in [7, 11) is 0. The molecular weight excluding hydrogens is 376 g/mol. The standard InChI is InChI=1S/C21H34N2O2S2/c1-5-14-10-19-15(9-16(14)23-6-2)7-8-18(25-19)17(24)11-22-12-20(27)21(3,4)13-26/h5,9-10,17-18,20,22-24,26-27H,1,6-8,11-13H2,2-4H3. The van der Waals surface area contributed by atoms with Crippen LogP contribution < -0.4 is 15.4 Å². The first-order valence-corrected chi connectivity index (χ1v) is 10.8. The smallest absolute Gasteiger partial charge is 0.126 e. The van der Waals surface area contributed by atoms with Gasteiger partial charge in [-0.25, -0.2) is 0 Å². The van der Waals surface area contributed by atoms with Crippen molar-refractivity contribution in [3.8, 4) is 5.75 Å². The highest BCUT2D eigenvalue weighted by molar-refractivity contribution is 7.81. The topological polar surface area (TPSA) is 53.5 Å². The molecule has 1 aliphatic heterocycles. The zero-order valence-electron chi connectivity index (χ0n) is 16.7. The van der Waals surface area contributed by atoms with Gasteiger partial charge in [0, 0.05) is 36.1 Å². The van der Waals surface area contributed by atoms with Gasteiger partial charge >= 0.3 is 0 Å². The number of ether oxygens (including phenoxy) is 1. The lowest BCUT2D eigenvalue weighted by Gasteiger charge is -2.32. The van der Waals surface area contributed by atoms with Gasteiger partial charge in [-0.3, -0.25) is 0 Å². The number of hydrogen-bond donors (Lipinski definition) is 5. The van der Waals surface area contributed by atoms with Crippen molar-refractivity contribution >= 4 is 37.0 Å². The van der Waals surface area contributed by atoms with E-state index >= 15 is 0 Å². The Morgan fingerprint density at radius 3 is 2.78 bits per heavy atom. The lowest BCUT2D eigenvalue weighted by Crippen LogP contribution is -2.44. The van der Waals surface area contributed by atoms with Gasteiger partial charge in [-0.05, 0) is 48.6 Å². The molecule has 6 heteroatoms. The first-order valence-electron chi connectivity index (χ1n) is 9.70. The second-order valence-corrected chi connectivity index (χ2v) is 8.80. The maximum Gasteiger partial charge on any atom is 0.126 e. The summed E-state index contributed by atoms with van der Waals surface area (Å²) in [5.41, 5.74) is 3.33. The predicted octanol–water partition coefficient (Wildman–Crippen LogP) is 3.66. The Morgan fingerprint density at radius 2 is 2.15 bits per heavy atom. The van der Waals surface area contributed by atoms with Crippen LogP contribution in [-0.4, -0.2) is 48.0 Å². The Hall–Kier alpha value is -0.820. The van der Waals surface area contributed by atoms with Gasteiger partial charge < -0.3 is 20.5 Å². The molecule has 0 radical (unpaired) electrons. The van der Waals surface area contributed by atoms with Gasteiger partial charge in [0.15, 0.2) is 0 Å². The number of hydrogen-bond acceptors (Lipinski definition) is 6. The molecule has 0 spiro atoms. The van der Waals surface area contributed by atoms with E-state index in [0.717, 1.165) is 48.7 Å². The van der Waals surface area contributed by atoms with Crippen molar-refractivity contribution in [2.45, 2.75) is 51.1 Å². The highest BCUT2D eigenvalue weighted by Crippen LogP contribution is 2.34. The third-order valence-electron chi connectivity index (χ3n) is 5.23. The van der Waals surface area contributed by atoms with Crippen LogP contribution in [0, 0.1) is 5.41 Å². The Balaban J connectivity index is 1.94. The van der Waals surface area contributed by atoms with E-state index in [1.54, 1.807) is 0 Å². The molecule has 0 amide bonds. The Bertz CT molecular complexity index is 637. The minimum absolute atomic E-state index is 0.0375. The molecule has 3 N–H and O–H groups in total. The molecule has 1 aromatic rings. The average Bonchev–Trinajstić information content (AvgIpc) is 2.66. The van der Waals surface area contributed by atoms with E-state index in [2.05, 4.69) is 69.3 Å². The molecule has 0 aliphatic carbocycles. The zero-order valence-corrected chi connectivity index (χ0v) is 18.5. The maximum absolute atomic E-state index is 10.6. The van der Waals surface area contributed by atoms with E-state index in [-0.39, 0.29) is 16.8 Å². The zero-order chi connectivity index (χ0) is 20.0. The van der Waals surface area contributed by atoms with Crippen LogP contribution in [0.2, 0.25) is 0 Å². The number of aryl methyl sites for hydroxylation is 1. The van der Waals surface area contributed by atoms with E-state index in [1.165, 1.54) is 5.56 Å². The number of benzene rings is 1. The van der Waals surface area contributed by atoms with Gasteiger partial charge in [-0.15, -0.1) is 0 Å². The first kappa shape index (κ1) is 22.5. The van der Waals surface area contributed by atoms with Gasteiger partial charge in [0.1, 0.15) is 18.0 Å². The molecule has 3 unspecified atom stereocenters. The van der Waals surface area contributed by atoms with Crippen LogP contribution in [0.15, 0.2) is 18.7 Å². The summed E-state index contributed by atoms with van der Waals surface area (Å²) >= 11 is 9.06. The molecular formula is C21H34N2O2S2. The lowest BCUT2D eigenvalue weighted by atomic mass is 9.91. The van der Waals surface area contributed by atoms with Gasteiger partial charge in [0.2, 0.25) is 0 Å². The van der Waals surface area contributed by atoms with Crippen LogP contribution in [-0.2, 0) is 6.42 Å². The summed E-state index contributed by atoms with van der Waals surface area (Å²) in [4.78, 5) is 0. The Kier molecular flexibility index (Phi) is 8.40. The number of thiol groups is 2. The molecule has 152 valence electrons. The third kappa shape index (κ3) is 5.83. The highest BCUT2D eigenvalue weighted by Gasteiger charge is 2.28. The molecule has 0 fully saturated rings. The normalized spacial score (nSPS) is 19.0. The van der Waals surface area contributed by atoms with Gasteiger partial charge in [-0.1, -0.05) is 26.5 Å². The monoisotopic (exact) mass is 410 g/mol. The van der Waals surface area contributed by atoms with Gasteiger partial charge in [0.05, 0.1) is 0 Å². The second kappa shape index (κ2) is 10.1. The highest BCUT2D eigenvalue weighted by atomic mass is 32.1. The van der Waals surface area contributed by atoms with Gasteiger partial charge in [0.25, 0.3) is 0 Å². The maximum atomic E-state index is 10.6. The van der Waals surface area contributed by atoms with E-state index in [9.17, 15) is 5.11 Å². The molecule has 1 heterocycles. The van der Waals surface area contributed by atoms with E-state index in [1.807, 2.05) is 12.1 Å². The summed E-state index contributed by atoms with van der Waals surface area (Å²) < 4.78 is 6.12. The molecule has 27 heavy (non-hydrogen) atoms. The predicted molar refractivity (Wildman–Crippen MR) is 123 cm³/mol. The van der Waals surface area contributed by atoms with Crippen molar-refractivity contribution in [3.63, 3.8) is 0 Å². The molecule has 0 saturated heterocycles. The third-order valence-corrected chi connectivity index (χ3v) is 6.92. The molecule has 0 aromatic heterocycles. The van der Waals surface area contributed by atoms with Crippen LogP contribution in [0.25, 0.3) is 6.08 Å². The summed E-state index contributed by atoms with van der Waals surface area (Å²) in [6.07, 6.45) is 2.78. The van der Waals surface area contributed by atoms with Crippen molar-refractivity contribution in [2.24, 2.45) is 5.41 Å². The minimum Gasteiger partial charge on any atom is -0.487 e. The molecule has 0 bridgehead atoms. The average molecular weight is 411 g/mol. The number of nitrogens with one attached hydrogen (secondary N) is 2. The summed E-state index contributed by atoms with van der Waals surface area (Å²) in [5.74, 6) is 1.62. The van der Waals surface area contributed by atoms with Crippen LogP contribution in [0.4, 0.5) is 5.69 Å². The summed E-state index contributed by atoms with van der Waals surface area (Å²) in [5, 5.41) is 17.4. The molecule has 3 atom stereocenters. The Labute approximate surface area is 175 Å². The fraction of sp³-hybridized carbons (Fsp3) is 0.619. The Morgan fingerprint density at radius 1 is 1.41 bits per heavy atom. The fourth-order valence-electron chi connectivity index (χ4n) is 3.13. The van der Waals surface area contributed by atoms with Crippen molar-refractivity contribution in [1.29, 1.82) is 0 Å². The molecule has 1 aliphatic rings. The molecule has 0 saturated carbocycles. The summed E-state index contributed by atoms with van der Waals surface area (Å²) in [6, 6.07) is 4.16. The molecule has 2 rings (SSSR count).